The second kappa shape index (κ2) is 5.87. The van der Waals surface area contributed by atoms with E-state index in [-0.39, 0.29) is 0 Å². The van der Waals surface area contributed by atoms with E-state index in [1.54, 1.807) is 6.33 Å². The molecule has 100 valence electrons. The molecule has 1 aromatic heterocycles. The summed E-state index contributed by atoms with van der Waals surface area (Å²) in [5.41, 5.74) is 1.03. The highest BCUT2D eigenvalue weighted by atomic mass is 35.5. The lowest BCUT2D eigenvalue weighted by atomic mass is 9.79. The molecule has 1 saturated carbocycles. The van der Waals surface area contributed by atoms with Gasteiger partial charge in [-0.15, -0.1) is 0 Å². The minimum atomic E-state index is 0.521. The summed E-state index contributed by atoms with van der Waals surface area (Å²) < 4.78 is 0. The second-order valence-corrected chi connectivity index (χ2v) is 5.81. The molecule has 18 heavy (non-hydrogen) atoms. The van der Waals surface area contributed by atoms with E-state index in [9.17, 15) is 0 Å². The maximum Gasteiger partial charge on any atom is 0.137 e. The number of hydrogen-bond donors (Lipinski definition) is 1. The van der Waals surface area contributed by atoms with Gasteiger partial charge in [-0.2, -0.15) is 0 Å². The zero-order chi connectivity index (χ0) is 13.1. The first-order valence-corrected chi connectivity index (χ1v) is 7.25. The van der Waals surface area contributed by atoms with E-state index in [4.69, 9.17) is 11.6 Å². The van der Waals surface area contributed by atoms with E-state index in [0.29, 0.717) is 11.2 Å². The molecular formula is C14H22ClN3. The van der Waals surface area contributed by atoms with Gasteiger partial charge in [0.2, 0.25) is 0 Å². The topological polar surface area (TPSA) is 37.8 Å². The van der Waals surface area contributed by atoms with Gasteiger partial charge in [0, 0.05) is 11.6 Å². The average Bonchev–Trinajstić information content (AvgIpc) is 2.34. The molecule has 2 rings (SSSR count). The summed E-state index contributed by atoms with van der Waals surface area (Å²) in [5, 5.41) is 4.13. The maximum atomic E-state index is 6.11. The van der Waals surface area contributed by atoms with E-state index < -0.39 is 0 Å². The third-order valence-corrected chi connectivity index (χ3v) is 4.51. The lowest BCUT2D eigenvalue weighted by Crippen LogP contribution is -2.31. The molecule has 0 bridgehead atoms. The molecule has 1 aromatic rings. The molecule has 0 spiro atoms. The molecule has 0 amide bonds. The van der Waals surface area contributed by atoms with Crippen molar-refractivity contribution in [3.05, 3.63) is 17.0 Å². The number of nitrogens with one attached hydrogen (secondary N) is 1. The molecule has 3 atom stereocenters. The van der Waals surface area contributed by atoms with Crippen molar-refractivity contribution in [2.45, 2.75) is 52.5 Å². The minimum absolute atomic E-state index is 0.521. The summed E-state index contributed by atoms with van der Waals surface area (Å²) in [6.07, 6.45) is 6.13. The zero-order valence-electron chi connectivity index (χ0n) is 11.4. The average molecular weight is 268 g/mol. The molecule has 1 aliphatic rings. The highest BCUT2D eigenvalue weighted by Gasteiger charge is 2.25. The summed E-state index contributed by atoms with van der Waals surface area (Å²) in [6.45, 7) is 6.77. The number of aromatic nitrogens is 2. The molecule has 0 saturated heterocycles. The Kier molecular flexibility index (Phi) is 4.44. The van der Waals surface area contributed by atoms with Crippen molar-refractivity contribution in [1.82, 2.24) is 9.97 Å². The summed E-state index contributed by atoms with van der Waals surface area (Å²) in [4.78, 5) is 8.39. The van der Waals surface area contributed by atoms with Crippen molar-refractivity contribution < 1.29 is 0 Å². The normalized spacial score (nSPS) is 28.1. The maximum absolute atomic E-state index is 6.11. The van der Waals surface area contributed by atoms with Gasteiger partial charge in [-0.25, -0.2) is 9.97 Å². The predicted octanol–water partition coefficient (Wildman–Crippen LogP) is 3.93. The van der Waals surface area contributed by atoms with Crippen LogP contribution < -0.4 is 5.32 Å². The zero-order valence-corrected chi connectivity index (χ0v) is 12.2. The summed E-state index contributed by atoms with van der Waals surface area (Å²) in [7, 11) is 0. The third-order valence-electron chi connectivity index (χ3n) is 4.19. The molecule has 1 heterocycles. The van der Waals surface area contributed by atoms with Crippen molar-refractivity contribution in [3.63, 3.8) is 0 Å². The first-order valence-electron chi connectivity index (χ1n) is 6.87. The Morgan fingerprint density at radius 3 is 2.72 bits per heavy atom. The number of halogens is 1. The monoisotopic (exact) mass is 267 g/mol. The van der Waals surface area contributed by atoms with E-state index in [0.717, 1.165) is 29.6 Å². The van der Waals surface area contributed by atoms with Gasteiger partial charge in [0.1, 0.15) is 17.3 Å². The quantitative estimate of drug-likeness (QED) is 0.844. The van der Waals surface area contributed by atoms with E-state index in [2.05, 4.69) is 36.1 Å². The Labute approximate surface area is 114 Å². The third kappa shape index (κ3) is 2.94. The van der Waals surface area contributed by atoms with E-state index in [1.165, 1.54) is 19.3 Å². The predicted molar refractivity (Wildman–Crippen MR) is 76.0 cm³/mol. The van der Waals surface area contributed by atoms with Gasteiger partial charge < -0.3 is 5.32 Å². The van der Waals surface area contributed by atoms with Gasteiger partial charge in [-0.05, 0) is 37.5 Å². The van der Waals surface area contributed by atoms with E-state index in [1.807, 2.05) is 0 Å². The first-order chi connectivity index (χ1) is 8.61. The summed E-state index contributed by atoms with van der Waals surface area (Å²) >= 11 is 6.11. The van der Waals surface area contributed by atoms with Gasteiger partial charge in [0.15, 0.2) is 0 Å². The molecule has 0 aromatic carbocycles. The van der Waals surface area contributed by atoms with Crippen LogP contribution in [0.25, 0.3) is 0 Å². The molecule has 1 N–H and O–H groups in total. The highest BCUT2D eigenvalue weighted by molar-refractivity contribution is 6.30. The van der Waals surface area contributed by atoms with Crippen LogP contribution in [0, 0.1) is 11.8 Å². The largest absolute Gasteiger partial charge is 0.367 e. The van der Waals surface area contributed by atoms with Crippen LogP contribution in [-0.2, 0) is 6.42 Å². The van der Waals surface area contributed by atoms with E-state index >= 15 is 0 Å². The number of anilines is 1. The fourth-order valence-electron chi connectivity index (χ4n) is 2.70. The van der Waals surface area contributed by atoms with Crippen LogP contribution in [0.3, 0.4) is 0 Å². The number of rotatable bonds is 3. The van der Waals surface area contributed by atoms with Gasteiger partial charge in [-0.1, -0.05) is 32.4 Å². The highest BCUT2D eigenvalue weighted by Crippen LogP contribution is 2.31. The van der Waals surface area contributed by atoms with Gasteiger partial charge in [0.25, 0.3) is 0 Å². The van der Waals surface area contributed by atoms with Gasteiger partial charge in [-0.3, -0.25) is 0 Å². The number of nitrogens with zero attached hydrogens (tertiary/aromatic N) is 2. The van der Waals surface area contributed by atoms with Crippen LogP contribution in [0.4, 0.5) is 5.82 Å². The van der Waals surface area contributed by atoms with Crippen LogP contribution >= 0.6 is 11.6 Å². The van der Waals surface area contributed by atoms with Crippen LogP contribution in [-0.4, -0.2) is 16.0 Å². The second-order valence-electron chi connectivity index (χ2n) is 5.45. The molecule has 4 heteroatoms. The Hall–Kier alpha value is -0.830. The molecule has 3 nitrogen and oxygen atoms in total. The van der Waals surface area contributed by atoms with Gasteiger partial charge >= 0.3 is 0 Å². The fraction of sp³-hybridized carbons (Fsp3) is 0.714. The fourth-order valence-corrected chi connectivity index (χ4v) is 2.97. The smallest absolute Gasteiger partial charge is 0.137 e. The standard InChI is InChI=1S/C14H22ClN3/c1-4-12-13(15)16-8-17-14(12)18-11-6-5-9(2)10(3)7-11/h8-11H,4-7H2,1-3H3,(H,16,17,18). The minimum Gasteiger partial charge on any atom is -0.367 e. The Morgan fingerprint density at radius 1 is 1.28 bits per heavy atom. The van der Waals surface area contributed by atoms with Crippen molar-refractivity contribution in [2.75, 3.05) is 5.32 Å². The van der Waals surface area contributed by atoms with Crippen molar-refractivity contribution in [2.24, 2.45) is 11.8 Å². The van der Waals surface area contributed by atoms with Crippen LogP contribution in [0.2, 0.25) is 5.15 Å². The first kappa shape index (κ1) is 13.6. The molecule has 0 aliphatic heterocycles. The Bertz CT molecular complexity index is 408. The Balaban J connectivity index is 2.08. The SMILES string of the molecule is CCc1c(Cl)ncnc1NC1CCC(C)C(C)C1. The van der Waals surface area contributed by atoms with Crippen molar-refractivity contribution in [1.29, 1.82) is 0 Å². The molecule has 1 aliphatic carbocycles. The summed E-state index contributed by atoms with van der Waals surface area (Å²) in [6, 6.07) is 0.521. The lowest BCUT2D eigenvalue weighted by molar-refractivity contribution is 0.260. The number of hydrogen-bond acceptors (Lipinski definition) is 3. The van der Waals surface area contributed by atoms with Crippen LogP contribution in [0.1, 0.15) is 45.6 Å². The molecular weight excluding hydrogens is 246 g/mol. The van der Waals surface area contributed by atoms with Crippen molar-refractivity contribution >= 4 is 17.4 Å². The molecule has 3 unspecified atom stereocenters. The van der Waals surface area contributed by atoms with Gasteiger partial charge in [0.05, 0.1) is 0 Å². The molecule has 0 radical (unpaired) electrons. The van der Waals surface area contributed by atoms with Crippen LogP contribution in [0.5, 0.6) is 0 Å². The van der Waals surface area contributed by atoms with Crippen LogP contribution in [0.15, 0.2) is 6.33 Å². The summed E-state index contributed by atoms with van der Waals surface area (Å²) in [5.74, 6) is 2.53. The lowest BCUT2D eigenvalue weighted by Gasteiger charge is -2.33. The van der Waals surface area contributed by atoms with Crippen molar-refractivity contribution in [3.8, 4) is 0 Å². The molecule has 1 fully saturated rings. The Morgan fingerprint density at radius 2 is 2.06 bits per heavy atom.